The second-order valence-corrected chi connectivity index (χ2v) is 6.38. The van der Waals surface area contributed by atoms with Gasteiger partial charge in [-0.25, -0.2) is 0 Å². The highest BCUT2D eigenvalue weighted by molar-refractivity contribution is 7.80. The van der Waals surface area contributed by atoms with Gasteiger partial charge in [-0.15, -0.1) is 0 Å². The van der Waals surface area contributed by atoms with Crippen LogP contribution >= 0.6 is 12.2 Å². The molecule has 146 valence electrons. The summed E-state index contributed by atoms with van der Waals surface area (Å²) in [6, 6.07) is 23.2. The number of ether oxygens (including phenoxy) is 1. The van der Waals surface area contributed by atoms with Crippen LogP contribution in [0.3, 0.4) is 0 Å². The van der Waals surface area contributed by atoms with Crippen LogP contribution in [0.1, 0.15) is 11.1 Å². The van der Waals surface area contributed by atoms with Crippen LogP contribution in [-0.2, 0) is 6.61 Å². The van der Waals surface area contributed by atoms with E-state index in [-0.39, 0.29) is 5.69 Å². The number of nitrogens with zero attached hydrogens (tertiary/aromatic N) is 2. The van der Waals surface area contributed by atoms with Gasteiger partial charge in [-0.1, -0.05) is 30.3 Å². The van der Waals surface area contributed by atoms with E-state index >= 15 is 0 Å². The van der Waals surface area contributed by atoms with Gasteiger partial charge in [0.1, 0.15) is 12.4 Å². The molecule has 3 rings (SSSR count). The van der Waals surface area contributed by atoms with Crippen molar-refractivity contribution in [3.63, 3.8) is 0 Å². The number of non-ortho nitro benzene ring substituents is 1. The van der Waals surface area contributed by atoms with Crippen LogP contribution in [0.5, 0.6) is 5.75 Å². The third kappa shape index (κ3) is 6.40. The number of nitro groups is 1. The lowest BCUT2D eigenvalue weighted by Gasteiger charge is -2.07. The fourth-order valence-electron chi connectivity index (χ4n) is 2.41. The van der Waals surface area contributed by atoms with Crippen molar-refractivity contribution in [1.29, 1.82) is 0 Å². The van der Waals surface area contributed by atoms with E-state index in [9.17, 15) is 10.1 Å². The minimum Gasteiger partial charge on any atom is -0.489 e. The van der Waals surface area contributed by atoms with Crippen molar-refractivity contribution >= 4 is 34.9 Å². The predicted octanol–water partition coefficient (Wildman–Crippen LogP) is 4.49. The standard InChI is InChI=1S/C21H18N4O3S/c26-25(27)19-11-9-16(10-12-19)15-28-20-8-4-5-17(13-20)14-22-24-21(29)23-18-6-2-1-3-7-18/h1-14H,15H2,(H2,23,24,29)/b22-14+. The molecule has 29 heavy (non-hydrogen) atoms. The number of hydrogen-bond donors (Lipinski definition) is 2. The lowest BCUT2D eigenvalue weighted by Crippen LogP contribution is -2.23. The Balaban J connectivity index is 1.51. The van der Waals surface area contributed by atoms with E-state index in [0.717, 1.165) is 16.8 Å². The number of hydrogen-bond acceptors (Lipinski definition) is 5. The SMILES string of the molecule is O=[N+]([O-])c1ccc(COc2cccc(/C=N/NC(=S)Nc3ccccc3)c2)cc1. The molecule has 0 aliphatic heterocycles. The molecule has 0 fully saturated rings. The normalized spacial score (nSPS) is 10.5. The van der Waals surface area contributed by atoms with E-state index in [0.29, 0.717) is 17.5 Å². The van der Waals surface area contributed by atoms with Crippen molar-refractivity contribution in [3.8, 4) is 5.75 Å². The van der Waals surface area contributed by atoms with Crippen molar-refractivity contribution < 1.29 is 9.66 Å². The third-order valence-corrected chi connectivity index (χ3v) is 4.02. The number of nitro benzene ring substituents is 1. The Kier molecular flexibility index (Phi) is 6.85. The Morgan fingerprint density at radius 2 is 1.83 bits per heavy atom. The number of anilines is 1. The molecule has 2 N–H and O–H groups in total. The molecule has 0 saturated carbocycles. The van der Waals surface area contributed by atoms with Gasteiger partial charge in [-0.2, -0.15) is 5.10 Å². The minimum absolute atomic E-state index is 0.0547. The van der Waals surface area contributed by atoms with Gasteiger partial charge < -0.3 is 10.1 Å². The smallest absolute Gasteiger partial charge is 0.269 e. The highest BCUT2D eigenvalue weighted by atomic mass is 32.1. The van der Waals surface area contributed by atoms with Crippen molar-refractivity contribution in [2.24, 2.45) is 5.10 Å². The second kappa shape index (κ2) is 9.95. The average molecular weight is 406 g/mol. The van der Waals surface area contributed by atoms with Gasteiger partial charge in [0.2, 0.25) is 0 Å². The largest absolute Gasteiger partial charge is 0.489 e. The maximum absolute atomic E-state index is 10.7. The van der Waals surface area contributed by atoms with Crippen LogP contribution in [-0.4, -0.2) is 16.3 Å². The van der Waals surface area contributed by atoms with Crippen LogP contribution in [0.4, 0.5) is 11.4 Å². The van der Waals surface area contributed by atoms with Crippen molar-refractivity contribution in [3.05, 3.63) is 100 Å². The second-order valence-electron chi connectivity index (χ2n) is 5.97. The number of nitrogens with one attached hydrogen (secondary N) is 2. The predicted molar refractivity (Wildman–Crippen MR) is 117 cm³/mol. The fourth-order valence-corrected chi connectivity index (χ4v) is 2.58. The van der Waals surface area contributed by atoms with Crippen molar-refractivity contribution in [2.45, 2.75) is 6.61 Å². The summed E-state index contributed by atoms with van der Waals surface area (Å²) in [5.41, 5.74) is 5.37. The highest BCUT2D eigenvalue weighted by Gasteiger charge is 2.04. The van der Waals surface area contributed by atoms with E-state index in [1.54, 1.807) is 18.3 Å². The molecular weight excluding hydrogens is 388 g/mol. The molecule has 0 radical (unpaired) electrons. The first-order valence-corrected chi connectivity index (χ1v) is 9.12. The zero-order chi connectivity index (χ0) is 20.5. The molecule has 0 aliphatic rings. The molecule has 0 amide bonds. The van der Waals surface area contributed by atoms with Gasteiger partial charge in [0, 0.05) is 17.8 Å². The molecular formula is C21H18N4O3S. The van der Waals surface area contributed by atoms with Crippen LogP contribution in [0.15, 0.2) is 84.0 Å². The van der Waals surface area contributed by atoms with E-state index in [2.05, 4.69) is 15.8 Å². The molecule has 0 heterocycles. The van der Waals surface area contributed by atoms with E-state index in [4.69, 9.17) is 17.0 Å². The number of para-hydroxylation sites is 1. The summed E-state index contributed by atoms with van der Waals surface area (Å²) in [6.07, 6.45) is 1.64. The molecule has 3 aromatic rings. The third-order valence-electron chi connectivity index (χ3n) is 3.82. The molecule has 0 unspecified atom stereocenters. The quantitative estimate of drug-likeness (QED) is 0.260. The minimum atomic E-state index is -0.428. The Morgan fingerprint density at radius 3 is 2.55 bits per heavy atom. The monoisotopic (exact) mass is 406 g/mol. The number of benzene rings is 3. The summed E-state index contributed by atoms with van der Waals surface area (Å²) < 4.78 is 5.75. The van der Waals surface area contributed by atoms with E-state index < -0.39 is 4.92 Å². The molecule has 3 aromatic carbocycles. The van der Waals surface area contributed by atoms with Gasteiger partial charge in [0.25, 0.3) is 5.69 Å². The van der Waals surface area contributed by atoms with Gasteiger partial charge in [0.05, 0.1) is 11.1 Å². The molecule has 8 heteroatoms. The van der Waals surface area contributed by atoms with Gasteiger partial charge in [-0.05, 0) is 59.7 Å². The summed E-state index contributed by atoms with van der Waals surface area (Å²) in [5.74, 6) is 0.664. The molecule has 0 saturated heterocycles. The Bertz CT molecular complexity index is 1010. The molecule has 0 spiro atoms. The van der Waals surface area contributed by atoms with Crippen LogP contribution < -0.4 is 15.5 Å². The summed E-state index contributed by atoms with van der Waals surface area (Å²) >= 11 is 5.20. The van der Waals surface area contributed by atoms with Crippen molar-refractivity contribution in [2.75, 3.05) is 5.32 Å². The lowest BCUT2D eigenvalue weighted by molar-refractivity contribution is -0.384. The van der Waals surface area contributed by atoms with Gasteiger partial charge >= 0.3 is 0 Å². The van der Waals surface area contributed by atoms with Crippen LogP contribution in [0.2, 0.25) is 0 Å². The lowest BCUT2D eigenvalue weighted by atomic mass is 10.2. The topological polar surface area (TPSA) is 88.8 Å². The summed E-state index contributed by atoms with van der Waals surface area (Å²) in [4.78, 5) is 10.3. The highest BCUT2D eigenvalue weighted by Crippen LogP contribution is 2.16. The van der Waals surface area contributed by atoms with Crippen LogP contribution in [0.25, 0.3) is 0 Å². The Hall–Kier alpha value is -3.78. The molecule has 0 atom stereocenters. The average Bonchev–Trinajstić information content (AvgIpc) is 2.73. The first-order chi connectivity index (χ1) is 14.1. The molecule has 0 aromatic heterocycles. The number of thiocarbonyl (C=S) groups is 1. The maximum atomic E-state index is 10.7. The van der Waals surface area contributed by atoms with Gasteiger partial charge in [-0.3, -0.25) is 15.5 Å². The van der Waals surface area contributed by atoms with Crippen molar-refractivity contribution in [1.82, 2.24) is 5.43 Å². The Labute approximate surface area is 173 Å². The molecule has 0 aliphatic carbocycles. The first kappa shape index (κ1) is 20.0. The van der Waals surface area contributed by atoms with Gasteiger partial charge in [0.15, 0.2) is 5.11 Å². The van der Waals surface area contributed by atoms with E-state index in [1.165, 1.54) is 12.1 Å². The molecule has 0 bridgehead atoms. The summed E-state index contributed by atoms with van der Waals surface area (Å²) in [5, 5.41) is 18.2. The van der Waals surface area contributed by atoms with E-state index in [1.807, 2.05) is 54.6 Å². The Morgan fingerprint density at radius 1 is 1.07 bits per heavy atom. The summed E-state index contributed by atoms with van der Waals surface area (Å²) in [6.45, 7) is 0.307. The maximum Gasteiger partial charge on any atom is 0.269 e. The first-order valence-electron chi connectivity index (χ1n) is 8.71. The fraction of sp³-hybridized carbons (Fsp3) is 0.0476. The van der Waals surface area contributed by atoms with Crippen LogP contribution in [0, 0.1) is 10.1 Å². The summed E-state index contributed by atoms with van der Waals surface area (Å²) in [7, 11) is 0. The zero-order valence-corrected chi connectivity index (χ0v) is 16.1. The number of hydrazone groups is 1. The number of rotatable bonds is 7. The molecule has 7 nitrogen and oxygen atoms in total. The zero-order valence-electron chi connectivity index (χ0n) is 15.3.